The number of benzene rings is 1. The number of allylic oxidation sites excluding steroid dienone is 1. The molecular weight excluding hydrogens is 166 g/mol. The van der Waals surface area contributed by atoms with Crippen LogP contribution in [0, 0.1) is 0 Å². The minimum atomic E-state index is 0.971. The summed E-state index contributed by atoms with van der Waals surface area (Å²) in [6, 6.07) is 7.92. The van der Waals surface area contributed by atoms with E-state index in [1.807, 2.05) is 30.5 Å². The summed E-state index contributed by atoms with van der Waals surface area (Å²) < 4.78 is 0. The molecule has 0 saturated carbocycles. The highest BCUT2D eigenvalue weighted by Gasteiger charge is 1.91. The first-order valence-corrected chi connectivity index (χ1v) is 4.49. The lowest BCUT2D eigenvalue weighted by Gasteiger charge is -2.02. The SMILES string of the molecule is CC/C=C\Nc1ccccc1S. The summed E-state index contributed by atoms with van der Waals surface area (Å²) in [5.74, 6) is 0. The Balaban J connectivity index is 2.63. The first kappa shape index (κ1) is 9.20. The molecule has 0 aromatic heterocycles. The van der Waals surface area contributed by atoms with Gasteiger partial charge in [0.15, 0.2) is 0 Å². The summed E-state index contributed by atoms with van der Waals surface area (Å²) >= 11 is 4.30. The van der Waals surface area contributed by atoms with Crippen molar-refractivity contribution in [1.29, 1.82) is 0 Å². The Morgan fingerprint density at radius 3 is 2.83 bits per heavy atom. The quantitative estimate of drug-likeness (QED) is 0.678. The van der Waals surface area contributed by atoms with Gasteiger partial charge in [-0.25, -0.2) is 0 Å². The van der Waals surface area contributed by atoms with E-state index in [2.05, 4.69) is 30.9 Å². The summed E-state index contributed by atoms with van der Waals surface area (Å²) in [5, 5.41) is 3.16. The monoisotopic (exact) mass is 179 g/mol. The fourth-order valence-electron chi connectivity index (χ4n) is 0.862. The maximum atomic E-state index is 4.30. The van der Waals surface area contributed by atoms with Gasteiger partial charge < -0.3 is 5.32 Å². The van der Waals surface area contributed by atoms with E-state index < -0.39 is 0 Å². The molecule has 0 spiro atoms. The maximum absolute atomic E-state index is 4.30. The molecule has 1 N–H and O–H groups in total. The Hall–Kier alpha value is -0.890. The minimum Gasteiger partial charge on any atom is -0.361 e. The predicted octanol–water partition coefficient (Wildman–Crippen LogP) is 3.31. The van der Waals surface area contributed by atoms with Gasteiger partial charge >= 0.3 is 0 Å². The lowest BCUT2D eigenvalue weighted by molar-refractivity contribution is 1.22. The van der Waals surface area contributed by atoms with Crippen molar-refractivity contribution < 1.29 is 0 Å². The van der Waals surface area contributed by atoms with Crippen LogP contribution >= 0.6 is 12.6 Å². The van der Waals surface area contributed by atoms with Crippen LogP contribution < -0.4 is 5.32 Å². The van der Waals surface area contributed by atoms with Gasteiger partial charge in [0.25, 0.3) is 0 Å². The molecule has 0 radical (unpaired) electrons. The first-order valence-electron chi connectivity index (χ1n) is 4.04. The molecule has 1 rings (SSSR count). The summed E-state index contributed by atoms with van der Waals surface area (Å²) in [7, 11) is 0. The van der Waals surface area contributed by atoms with Crippen LogP contribution in [0.15, 0.2) is 41.4 Å². The van der Waals surface area contributed by atoms with Crippen molar-refractivity contribution in [3.05, 3.63) is 36.5 Å². The second-order valence-electron chi connectivity index (χ2n) is 2.47. The summed E-state index contributed by atoms with van der Waals surface area (Å²) in [5.41, 5.74) is 1.05. The van der Waals surface area contributed by atoms with Crippen molar-refractivity contribution in [2.45, 2.75) is 18.2 Å². The third-order valence-corrected chi connectivity index (χ3v) is 1.89. The van der Waals surface area contributed by atoms with Crippen LogP contribution in [0.5, 0.6) is 0 Å². The molecule has 12 heavy (non-hydrogen) atoms. The molecule has 1 aromatic rings. The smallest absolute Gasteiger partial charge is 0.0515 e. The van der Waals surface area contributed by atoms with Gasteiger partial charge in [-0.05, 0) is 24.8 Å². The number of anilines is 1. The van der Waals surface area contributed by atoms with Gasteiger partial charge in [0.2, 0.25) is 0 Å². The molecule has 0 fully saturated rings. The Bertz CT molecular complexity index is 268. The Kier molecular flexibility index (Phi) is 3.74. The van der Waals surface area contributed by atoms with Gasteiger partial charge in [-0.2, -0.15) is 0 Å². The van der Waals surface area contributed by atoms with Crippen molar-refractivity contribution in [3.8, 4) is 0 Å². The van der Waals surface area contributed by atoms with E-state index in [4.69, 9.17) is 0 Å². The Morgan fingerprint density at radius 1 is 1.42 bits per heavy atom. The number of nitrogens with one attached hydrogen (secondary N) is 1. The molecule has 0 aliphatic rings. The van der Waals surface area contributed by atoms with Crippen LogP contribution in [0.4, 0.5) is 5.69 Å². The Morgan fingerprint density at radius 2 is 2.17 bits per heavy atom. The van der Waals surface area contributed by atoms with Crippen LogP contribution in [0.2, 0.25) is 0 Å². The molecule has 1 aromatic carbocycles. The number of rotatable bonds is 3. The minimum absolute atomic E-state index is 0.971. The zero-order valence-electron chi connectivity index (χ0n) is 7.12. The van der Waals surface area contributed by atoms with E-state index in [1.165, 1.54) is 0 Å². The zero-order chi connectivity index (χ0) is 8.81. The molecule has 64 valence electrons. The van der Waals surface area contributed by atoms with Gasteiger partial charge in [-0.1, -0.05) is 25.1 Å². The molecule has 0 amide bonds. The van der Waals surface area contributed by atoms with Gasteiger partial charge in [-0.15, -0.1) is 12.6 Å². The molecule has 0 aliphatic carbocycles. The average molecular weight is 179 g/mol. The summed E-state index contributed by atoms with van der Waals surface area (Å²) in [6.07, 6.45) is 5.05. The number of hydrogen-bond acceptors (Lipinski definition) is 2. The van der Waals surface area contributed by atoms with Crippen LogP contribution in [-0.4, -0.2) is 0 Å². The van der Waals surface area contributed by atoms with Gasteiger partial charge in [0, 0.05) is 4.90 Å². The number of thiol groups is 1. The highest BCUT2D eigenvalue weighted by Crippen LogP contribution is 2.18. The van der Waals surface area contributed by atoms with Crippen molar-refractivity contribution in [3.63, 3.8) is 0 Å². The van der Waals surface area contributed by atoms with Crippen LogP contribution in [0.25, 0.3) is 0 Å². The predicted molar refractivity (Wildman–Crippen MR) is 56.7 cm³/mol. The van der Waals surface area contributed by atoms with E-state index in [-0.39, 0.29) is 0 Å². The van der Waals surface area contributed by atoms with E-state index in [0.717, 1.165) is 17.0 Å². The van der Waals surface area contributed by atoms with E-state index in [1.54, 1.807) is 0 Å². The molecular formula is C10H13NS. The fraction of sp³-hybridized carbons (Fsp3) is 0.200. The first-order chi connectivity index (χ1) is 5.84. The average Bonchev–Trinajstić information content (AvgIpc) is 2.09. The molecule has 0 aliphatic heterocycles. The molecule has 0 bridgehead atoms. The normalized spacial score (nSPS) is 10.5. The molecule has 2 heteroatoms. The summed E-state index contributed by atoms with van der Waals surface area (Å²) in [6.45, 7) is 2.10. The van der Waals surface area contributed by atoms with Crippen LogP contribution in [-0.2, 0) is 0 Å². The zero-order valence-corrected chi connectivity index (χ0v) is 8.01. The van der Waals surface area contributed by atoms with Crippen molar-refractivity contribution in [2.24, 2.45) is 0 Å². The van der Waals surface area contributed by atoms with Crippen LogP contribution in [0.3, 0.4) is 0 Å². The Labute approximate surface area is 78.9 Å². The molecule has 1 nitrogen and oxygen atoms in total. The lowest BCUT2D eigenvalue weighted by atomic mass is 10.3. The third-order valence-electron chi connectivity index (χ3n) is 1.50. The van der Waals surface area contributed by atoms with Gasteiger partial charge in [0.05, 0.1) is 5.69 Å². The van der Waals surface area contributed by atoms with Crippen molar-refractivity contribution >= 4 is 18.3 Å². The third kappa shape index (κ3) is 2.62. The van der Waals surface area contributed by atoms with E-state index in [9.17, 15) is 0 Å². The van der Waals surface area contributed by atoms with Crippen molar-refractivity contribution in [2.75, 3.05) is 5.32 Å². The van der Waals surface area contributed by atoms with E-state index in [0.29, 0.717) is 0 Å². The highest BCUT2D eigenvalue weighted by molar-refractivity contribution is 7.80. The molecule has 0 atom stereocenters. The van der Waals surface area contributed by atoms with E-state index >= 15 is 0 Å². The van der Waals surface area contributed by atoms with Crippen LogP contribution in [0.1, 0.15) is 13.3 Å². The standard InChI is InChI=1S/C10H13NS/c1-2-3-8-11-9-6-4-5-7-10(9)12/h3-8,11-12H,2H2,1H3/b8-3-. The highest BCUT2D eigenvalue weighted by atomic mass is 32.1. The van der Waals surface area contributed by atoms with Gasteiger partial charge in [0.1, 0.15) is 0 Å². The molecule has 0 unspecified atom stereocenters. The van der Waals surface area contributed by atoms with Gasteiger partial charge in [-0.3, -0.25) is 0 Å². The summed E-state index contributed by atoms with van der Waals surface area (Å²) in [4.78, 5) is 0.971. The van der Waals surface area contributed by atoms with Crippen molar-refractivity contribution in [1.82, 2.24) is 0 Å². The second kappa shape index (κ2) is 4.88. The lowest BCUT2D eigenvalue weighted by Crippen LogP contribution is -1.87. The fourth-order valence-corrected chi connectivity index (χ4v) is 1.09. The topological polar surface area (TPSA) is 12.0 Å². The largest absolute Gasteiger partial charge is 0.361 e. The number of hydrogen-bond donors (Lipinski definition) is 2. The maximum Gasteiger partial charge on any atom is 0.0515 e. The molecule has 0 heterocycles. The second-order valence-corrected chi connectivity index (χ2v) is 2.95. The number of para-hydroxylation sites is 1. The molecule has 0 saturated heterocycles.